The Hall–Kier alpha value is -1.40. The molecule has 0 spiro atoms. The number of rotatable bonds is 7. The van der Waals surface area contributed by atoms with Crippen molar-refractivity contribution in [3.05, 3.63) is 24.3 Å². The lowest BCUT2D eigenvalue weighted by atomic mass is 10.0. The molecule has 1 aromatic rings. The van der Waals surface area contributed by atoms with Crippen LogP contribution in [0.5, 0.6) is 0 Å². The number of carbonyl (C=O) groups is 1. The van der Waals surface area contributed by atoms with Crippen LogP contribution in [0.15, 0.2) is 29.2 Å². The highest BCUT2D eigenvalue weighted by Crippen LogP contribution is 2.27. The summed E-state index contributed by atoms with van der Waals surface area (Å²) in [5.41, 5.74) is 0.637. The van der Waals surface area contributed by atoms with Crippen LogP contribution in [0.2, 0.25) is 0 Å². The van der Waals surface area contributed by atoms with E-state index in [1.165, 1.54) is 25.0 Å². The van der Waals surface area contributed by atoms with Crippen molar-refractivity contribution < 1.29 is 13.2 Å². The highest BCUT2D eigenvalue weighted by Gasteiger charge is 2.18. The molecule has 0 aliphatic heterocycles. The monoisotopic (exact) mass is 324 g/mol. The van der Waals surface area contributed by atoms with Crippen molar-refractivity contribution in [3.8, 4) is 0 Å². The largest absolute Gasteiger partial charge is 0.326 e. The molecule has 1 aliphatic rings. The van der Waals surface area contributed by atoms with Gasteiger partial charge in [-0.1, -0.05) is 19.8 Å². The molecule has 0 unspecified atom stereocenters. The first-order chi connectivity index (χ1) is 10.5. The molecular formula is C16H24N2O3S. The van der Waals surface area contributed by atoms with Gasteiger partial charge in [-0.05, 0) is 49.4 Å². The maximum atomic E-state index is 12.0. The fourth-order valence-electron chi connectivity index (χ4n) is 2.73. The standard InChI is InChI=1S/C16H24N2O3S/c1-2-11-17-22(20,21)15-9-7-14(8-10-15)18-16(19)12-13-5-3-4-6-13/h7-10,13,17H,2-6,11-12H2,1H3,(H,18,19). The molecule has 6 heteroatoms. The molecule has 0 radical (unpaired) electrons. The zero-order chi connectivity index (χ0) is 16.0. The van der Waals surface area contributed by atoms with Crippen LogP contribution in [0.1, 0.15) is 45.4 Å². The van der Waals surface area contributed by atoms with Gasteiger partial charge in [0.2, 0.25) is 15.9 Å². The predicted molar refractivity (Wildman–Crippen MR) is 87.1 cm³/mol. The summed E-state index contributed by atoms with van der Waals surface area (Å²) < 4.78 is 26.4. The van der Waals surface area contributed by atoms with Gasteiger partial charge in [-0.2, -0.15) is 0 Å². The molecule has 1 saturated carbocycles. The molecule has 2 rings (SSSR count). The Morgan fingerprint density at radius 2 is 1.82 bits per heavy atom. The van der Waals surface area contributed by atoms with Gasteiger partial charge in [-0.25, -0.2) is 13.1 Å². The average Bonchev–Trinajstić information content (AvgIpc) is 2.98. The second-order valence-electron chi connectivity index (χ2n) is 5.82. The lowest BCUT2D eigenvalue weighted by Crippen LogP contribution is -2.24. The molecule has 1 aliphatic carbocycles. The van der Waals surface area contributed by atoms with Crippen molar-refractivity contribution in [2.45, 2.75) is 50.3 Å². The van der Waals surface area contributed by atoms with E-state index in [-0.39, 0.29) is 10.8 Å². The molecule has 1 fully saturated rings. The van der Waals surface area contributed by atoms with Crippen molar-refractivity contribution >= 4 is 21.6 Å². The van der Waals surface area contributed by atoms with E-state index < -0.39 is 10.0 Å². The van der Waals surface area contributed by atoms with E-state index in [0.29, 0.717) is 24.6 Å². The third-order valence-corrected chi connectivity index (χ3v) is 5.42. The first-order valence-corrected chi connectivity index (χ1v) is 9.39. The van der Waals surface area contributed by atoms with Crippen molar-refractivity contribution in [2.75, 3.05) is 11.9 Å². The topological polar surface area (TPSA) is 75.3 Å². The summed E-state index contributed by atoms with van der Waals surface area (Å²) in [6.07, 6.45) is 6.00. The highest BCUT2D eigenvalue weighted by molar-refractivity contribution is 7.89. The van der Waals surface area contributed by atoms with Crippen LogP contribution in [-0.2, 0) is 14.8 Å². The Bertz CT molecular complexity index is 590. The molecule has 0 aromatic heterocycles. The van der Waals surface area contributed by atoms with Gasteiger partial charge in [0, 0.05) is 18.7 Å². The Kier molecular flexibility index (Phi) is 5.97. The van der Waals surface area contributed by atoms with Gasteiger partial charge in [0.15, 0.2) is 0 Å². The first-order valence-electron chi connectivity index (χ1n) is 7.91. The van der Waals surface area contributed by atoms with E-state index in [2.05, 4.69) is 10.0 Å². The van der Waals surface area contributed by atoms with Gasteiger partial charge in [0.25, 0.3) is 0 Å². The average molecular weight is 324 g/mol. The normalized spacial score (nSPS) is 15.9. The van der Waals surface area contributed by atoms with Crippen LogP contribution < -0.4 is 10.0 Å². The number of hydrogen-bond acceptors (Lipinski definition) is 3. The molecule has 0 atom stereocenters. The molecule has 1 aromatic carbocycles. The number of amides is 1. The maximum absolute atomic E-state index is 12.0. The zero-order valence-electron chi connectivity index (χ0n) is 13.0. The van der Waals surface area contributed by atoms with Crippen LogP contribution in [0, 0.1) is 5.92 Å². The van der Waals surface area contributed by atoms with Crippen molar-refractivity contribution in [1.29, 1.82) is 0 Å². The molecule has 0 bridgehead atoms. The van der Waals surface area contributed by atoms with Gasteiger partial charge in [-0.15, -0.1) is 0 Å². The molecule has 22 heavy (non-hydrogen) atoms. The van der Waals surface area contributed by atoms with E-state index in [0.717, 1.165) is 19.3 Å². The molecular weight excluding hydrogens is 300 g/mol. The lowest BCUT2D eigenvalue weighted by Gasteiger charge is -2.10. The minimum Gasteiger partial charge on any atom is -0.326 e. The Morgan fingerprint density at radius 1 is 1.18 bits per heavy atom. The second-order valence-corrected chi connectivity index (χ2v) is 7.59. The summed E-state index contributed by atoms with van der Waals surface area (Å²) in [5, 5.41) is 2.84. The minimum absolute atomic E-state index is 0.00613. The first kappa shape index (κ1) is 17.0. The third-order valence-electron chi connectivity index (χ3n) is 3.94. The van der Waals surface area contributed by atoms with Gasteiger partial charge in [0.05, 0.1) is 4.90 Å². The SMILES string of the molecule is CCCNS(=O)(=O)c1ccc(NC(=O)CC2CCCC2)cc1. The van der Waals surface area contributed by atoms with Gasteiger partial charge < -0.3 is 5.32 Å². The summed E-state index contributed by atoms with van der Waals surface area (Å²) in [7, 11) is -3.45. The fourth-order valence-corrected chi connectivity index (χ4v) is 3.86. The van der Waals surface area contributed by atoms with Gasteiger partial charge in [-0.3, -0.25) is 4.79 Å². The summed E-state index contributed by atoms with van der Waals surface area (Å²) in [6.45, 7) is 2.33. The lowest BCUT2D eigenvalue weighted by molar-refractivity contribution is -0.117. The number of anilines is 1. The van der Waals surface area contributed by atoms with Crippen molar-refractivity contribution in [3.63, 3.8) is 0 Å². The number of sulfonamides is 1. The summed E-state index contributed by atoms with van der Waals surface area (Å²) in [4.78, 5) is 12.2. The van der Waals surface area contributed by atoms with Crippen LogP contribution in [0.25, 0.3) is 0 Å². The Morgan fingerprint density at radius 3 is 2.41 bits per heavy atom. The highest BCUT2D eigenvalue weighted by atomic mass is 32.2. The number of hydrogen-bond donors (Lipinski definition) is 2. The van der Waals surface area contributed by atoms with Gasteiger partial charge in [0.1, 0.15) is 0 Å². The van der Waals surface area contributed by atoms with Crippen molar-refractivity contribution in [1.82, 2.24) is 4.72 Å². The number of nitrogens with one attached hydrogen (secondary N) is 2. The van der Waals surface area contributed by atoms with Crippen LogP contribution in [-0.4, -0.2) is 20.9 Å². The molecule has 2 N–H and O–H groups in total. The quantitative estimate of drug-likeness (QED) is 0.810. The molecule has 0 saturated heterocycles. The number of benzene rings is 1. The Labute approximate surface area is 132 Å². The Balaban J connectivity index is 1.92. The molecule has 0 heterocycles. The third kappa shape index (κ3) is 4.81. The summed E-state index contributed by atoms with van der Waals surface area (Å²) >= 11 is 0. The van der Waals surface area contributed by atoms with E-state index in [1.54, 1.807) is 12.1 Å². The fraction of sp³-hybridized carbons (Fsp3) is 0.562. The maximum Gasteiger partial charge on any atom is 0.240 e. The zero-order valence-corrected chi connectivity index (χ0v) is 13.8. The van der Waals surface area contributed by atoms with Gasteiger partial charge >= 0.3 is 0 Å². The molecule has 122 valence electrons. The predicted octanol–water partition coefficient (Wildman–Crippen LogP) is 2.89. The second kappa shape index (κ2) is 7.74. The van der Waals surface area contributed by atoms with Crippen LogP contribution >= 0.6 is 0 Å². The van der Waals surface area contributed by atoms with Crippen LogP contribution in [0.4, 0.5) is 5.69 Å². The molecule has 1 amide bonds. The minimum atomic E-state index is -3.45. The number of carbonyl (C=O) groups excluding carboxylic acids is 1. The van der Waals surface area contributed by atoms with E-state index in [4.69, 9.17) is 0 Å². The van der Waals surface area contributed by atoms with E-state index >= 15 is 0 Å². The van der Waals surface area contributed by atoms with E-state index in [9.17, 15) is 13.2 Å². The smallest absolute Gasteiger partial charge is 0.240 e. The van der Waals surface area contributed by atoms with E-state index in [1.807, 2.05) is 6.92 Å². The molecule has 5 nitrogen and oxygen atoms in total. The van der Waals surface area contributed by atoms with Crippen LogP contribution in [0.3, 0.4) is 0 Å². The summed E-state index contributed by atoms with van der Waals surface area (Å²) in [6, 6.07) is 6.30. The van der Waals surface area contributed by atoms with Crippen molar-refractivity contribution in [2.24, 2.45) is 5.92 Å². The summed E-state index contributed by atoms with van der Waals surface area (Å²) in [5.74, 6) is 0.504.